The monoisotopic (exact) mass is 150 g/mol. The second-order valence-electron chi connectivity index (χ2n) is 3.29. The van der Waals surface area contributed by atoms with Gasteiger partial charge in [0.15, 0.2) is 5.78 Å². The van der Waals surface area contributed by atoms with Gasteiger partial charge in [-0.3, -0.25) is 4.79 Å². The smallest absolute Gasteiger partial charge is 0.159 e. The highest BCUT2D eigenvalue weighted by Crippen LogP contribution is 2.22. The summed E-state index contributed by atoms with van der Waals surface area (Å²) in [6.07, 6.45) is 5.08. The lowest BCUT2D eigenvalue weighted by molar-refractivity contribution is -0.113. The van der Waals surface area contributed by atoms with Gasteiger partial charge >= 0.3 is 0 Å². The van der Waals surface area contributed by atoms with Gasteiger partial charge in [-0.2, -0.15) is 0 Å². The molecule has 1 nitrogen and oxygen atoms in total. The van der Waals surface area contributed by atoms with Crippen molar-refractivity contribution in [2.24, 2.45) is 5.92 Å². The third-order valence-corrected chi connectivity index (χ3v) is 2.06. The maximum absolute atomic E-state index is 11.0. The molecule has 0 bridgehead atoms. The van der Waals surface area contributed by atoms with Crippen LogP contribution in [0.4, 0.5) is 0 Å². The van der Waals surface area contributed by atoms with Crippen LogP contribution >= 0.6 is 0 Å². The van der Waals surface area contributed by atoms with Crippen LogP contribution in [0.5, 0.6) is 0 Å². The largest absolute Gasteiger partial charge is 0.295 e. The van der Waals surface area contributed by atoms with Gasteiger partial charge in [0.25, 0.3) is 0 Å². The van der Waals surface area contributed by atoms with Crippen molar-refractivity contribution in [1.82, 2.24) is 0 Å². The fourth-order valence-electron chi connectivity index (χ4n) is 1.48. The van der Waals surface area contributed by atoms with Crippen molar-refractivity contribution < 1.29 is 4.79 Å². The van der Waals surface area contributed by atoms with E-state index in [1.54, 1.807) is 6.92 Å². The molecular weight excluding hydrogens is 136 g/mol. The zero-order chi connectivity index (χ0) is 8.43. The van der Waals surface area contributed by atoms with Crippen LogP contribution < -0.4 is 0 Å². The van der Waals surface area contributed by atoms with Gasteiger partial charge in [-0.25, -0.2) is 0 Å². The fraction of sp³-hybridized carbons (Fsp3) is 0.500. The van der Waals surface area contributed by atoms with Crippen LogP contribution in [0.2, 0.25) is 0 Å². The van der Waals surface area contributed by atoms with Gasteiger partial charge in [-0.1, -0.05) is 24.6 Å². The van der Waals surface area contributed by atoms with Gasteiger partial charge in [0.1, 0.15) is 0 Å². The molecule has 1 aliphatic carbocycles. The topological polar surface area (TPSA) is 17.1 Å². The van der Waals surface area contributed by atoms with E-state index < -0.39 is 0 Å². The number of Topliss-reactive ketones (excluding diaryl/α,β-unsaturated/α-hetero) is 1. The number of allylic oxidation sites excluding steroid dienone is 4. The normalized spacial score (nSPS) is 24.1. The second-order valence-corrected chi connectivity index (χ2v) is 3.29. The predicted molar refractivity (Wildman–Crippen MR) is 46.3 cm³/mol. The fourth-order valence-corrected chi connectivity index (χ4v) is 1.48. The quantitative estimate of drug-likeness (QED) is 0.561. The lowest BCUT2D eigenvalue weighted by Crippen LogP contribution is -2.05. The van der Waals surface area contributed by atoms with Crippen molar-refractivity contribution >= 4 is 5.78 Å². The van der Waals surface area contributed by atoms with E-state index >= 15 is 0 Å². The minimum Gasteiger partial charge on any atom is -0.295 e. The van der Waals surface area contributed by atoms with Gasteiger partial charge < -0.3 is 0 Å². The lowest BCUT2D eigenvalue weighted by atomic mass is 9.90. The Bertz CT molecular complexity index is 233. The van der Waals surface area contributed by atoms with Crippen LogP contribution in [0.25, 0.3) is 0 Å². The number of carbonyl (C=O) groups excluding carboxylic acids is 1. The molecule has 1 rings (SSSR count). The standard InChI is InChI=1S/C10H14O/c1-7-4-5-10(9(3)11)8(2)6-7/h4-5,7H,6H2,1-3H3. The number of carbonyl (C=O) groups is 1. The van der Waals surface area contributed by atoms with Crippen molar-refractivity contribution in [3.05, 3.63) is 23.3 Å². The molecule has 0 spiro atoms. The highest BCUT2D eigenvalue weighted by Gasteiger charge is 2.11. The van der Waals surface area contributed by atoms with Gasteiger partial charge in [-0.05, 0) is 26.2 Å². The lowest BCUT2D eigenvalue weighted by Gasteiger charge is -2.14. The first kappa shape index (κ1) is 8.25. The summed E-state index contributed by atoms with van der Waals surface area (Å²) >= 11 is 0. The Labute approximate surface area is 67.8 Å². The Kier molecular flexibility index (Phi) is 2.28. The summed E-state index contributed by atoms with van der Waals surface area (Å²) in [5, 5.41) is 0. The van der Waals surface area contributed by atoms with Crippen molar-refractivity contribution in [1.29, 1.82) is 0 Å². The maximum atomic E-state index is 11.0. The summed E-state index contributed by atoms with van der Waals surface area (Å²) < 4.78 is 0. The van der Waals surface area contributed by atoms with Gasteiger partial charge in [0.05, 0.1) is 0 Å². The molecule has 0 aliphatic heterocycles. The van der Waals surface area contributed by atoms with E-state index in [-0.39, 0.29) is 5.78 Å². The second kappa shape index (κ2) is 3.04. The van der Waals surface area contributed by atoms with E-state index in [1.807, 2.05) is 13.0 Å². The average molecular weight is 150 g/mol. The Morgan fingerprint density at radius 2 is 2.27 bits per heavy atom. The van der Waals surface area contributed by atoms with Gasteiger partial charge in [0.2, 0.25) is 0 Å². The van der Waals surface area contributed by atoms with Crippen LogP contribution in [0.15, 0.2) is 23.3 Å². The Morgan fingerprint density at radius 1 is 1.64 bits per heavy atom. The van der Waals surface area contributed by atoms with Crippen LogP contribution in [0, 0.1) is 5.92 Å². The highest BCUT2D eigenvalue weighted by atomic mass is 16.1. The first-order chi connectivity index (χ1) is 5.11. The van der Waals surface area contributed by atoms with Crippen LogP contribution in [0.1, 0.15) is 27.2 Å². The molecule has 0 fully saturated rings. The van der Waals surface area contributed by atoms with Gasteiger partial charge in [0, 0.05) is 5.57 Å². The summed E-state index contributed by atoms with van der Waals surface area (Å²) in [6, 6.07) is 0. The molecular formula is C10H14O. The summed E-state index contributed by atoms with van der Waals surface area (Å²) in [4.78, 5) is 11.0. The highest BCUT2D eigenvalue weighted by molar-refractivity contribution is 5.97. The Hall–Kier alpha value is -0.850. The third kappa shape index (κ3) is 1.79. The Morgan fingerprint density at radius 3 is 2.73 bits per heavy atom. The van der Waals surface area contributed by atoms with Crippen LogP contribution in [-0.2, 0) is 4.79 Å². The molecule has 0 N–H and O–H groups in total. The van der Waals surface area contributed by atoms with Crippen molar-refractivity contribution in [2.45, 2.75) is 27.2 Å². The molecule has 1 heteroatoms. The molecule has 1 unspecified atom stereocenters. The molecule has 60 valence electrons. The third-order valence-electron chi connectivity index (χ3n) is 2.06. The minimum absolute atomic E-state index is 0.186. The average Bonchev–Trinajstić information content (AvgIpc) is 1.85. The van der Waals surface area contributed by atoms with Crippen molar-refractivity contribution in [3.8, 4) is 0 Å². The number of hydrogen-bond donors (Lipinski definition) is 0. The maximum Gasteiger partial charge on any atom is 0.159 e. The van der Waals surface area contributed by atoms with E-state index in [9.17, 15) is 4.79 Å². The van der Waals surface area contributed by atoms with E-state index in [1.165, 1.54) is 5.57 Å². The molecule has 0 aromatic heterocycles. The summed E-state index contributed by atoms with van der Waals surface area (Å²) in [6.45, 7) is 5.83. The summed E-state index contributed by atoms with van der Waals surface area (Å²) in [5.41, 5.74) is 2.13. The van der Waals surface area contributed by atoms with E-state index in [0.29, 0.717) is 5.92 Å². The zero-order valence-electron chi connectivity index (χ0n) is 7.35. The number of rotatable bonds is 1. The molecule has 1 aliphatic rings. The molecule has 11 heavy (non-hydrogen) atoms. The summed E-state index contributed by atoms with van der Waals surface area (Å²) in [7, 11) is 0. The Balaban J connectivity index is 2.88. The van der Waals surface area contributed by atoms with Crippen LogP contribution in [0.3, 0.4) is 0 Å². The SMILES string of the molecule is CC(=O)C1=C(C)CC(C)C=C1. The van der Waals surface area contributed by atoms with E-state index in [2.05, 4.69) is 13.0 Å². The first-order valence-corrected chi connectivity index (χ1v) is 4.00. The van der Waals surface area contributed by atoms with Crippen molar-refractivity contribution in [3.63, 3.8) is 0 Å². The molecule has 0 aromatic rings. The van der Waals surface area contributed by atoms with Crippen molar-refractivity contribution in [2.75, 3.05) is 0 Å². The molecule has 0 amide bonds. The zero-order valence-corrected chi connectivity index (χ0v) is 7.35. The molecule has 0 saturated heterocycles. The molecule has 1 atom stereocenters. The van der Waals surface area contributed by atoms with Crippen LogP contribution in [-0.4, -0.2) is 5.78 Å². The first-order valence-electron chi connectivity index (χ1n) is 4.00. The predicted octanol–water partition coefficient (Wildman–Crippen LogP) is 2.49. The number of hydrogen-bond acceptors (Lipinski definition) is 1. The molecule has 0 saturated carbocycles. The minimum atomic E-state index is 0.186. The molecule has 0 radical (unpaired) electrons. The van der Waals surface area contributed by atoms with E-state index in [0.717, 1.165) is 12.0 Å². The molecule has 0 heterocycles. The van der Waals surface area contributed by atoms with Gasteiger partial charge in [-0.15, -0.1) is 0 Å². The summed E-state index contributed by atoms with van der Waals surface area (Å²) in [5.74, 6) is 0.781. The molecule has 0 aromatic carbocycles. The number of ketones is 1. The van der Waals surface area contributed by atoms with E-state index in [4.69, 9.17) is 0 Å².